The van der Waals surface area contributed by atoms with Crippen molar-refractivity contribution in [2.24, 2.45) is 0 Å². The lowest BCUT2D eigenvalue weighted by Gasteiger charge is -2.30. The minimum absolute atomic E-state index is 0.243. The van der Waals surface area contributed by atoms with Crippen molar-refractivity contribution in [1.29, 1.82) is 0 Å². The maximum Gasteiger partial charge on any atom is 0.329 e. The Morgan fingerprint density at radius 1 is 1.19 bits per heavy atom. The first-order chi connectivity index (χ1) is 9.42. The highest BCUT2D eigenvalue weighted by Gasteiger charge is 2.37. The molecule has 0 aliphatic heterocycles. The molecule has 1 amide bonds. The van der Waals surface area contributed by atoms with Crippen molar-refractivity contribution in [2.45, 2.75) is 24.5 Å². The molecule has 0 saturated carbocycles. The molecule has 1 heterocycles. The van der Waals surface area contributed by atoms with E-state index >= 15 is 0 Å². The lowest BCUT2D eigenvalue weighted by atomic mass is 10.0. The zero-order valence-electron chi connectivity index (χ0n) is 12.4. The van der Waals surface area contributed by atoms with Crippen molar-refractivity contribution in [1.82, 2.24) is 9.21 Å². The number of carbonyl (C=O) groups excluding carboxylic acids is 1. The predicted molar refractivity (Wildman–Crippen MR) is 73.4 cm³/mol. The number of hydrogen-bond acceptors (Lipinski definition) is 5. The Morgan fingerprint density at radius 2 is 1.71 bits per heavy atom. The summed E-state index contributed by atoms with van der Waals surface area (Å²) in [7, 11) is 0.182. The van der Waals surface area contributed by atoms with Gasteiger partial charge in [0.25, 0.3) is 15.9 Å². The molecule has 8 nitrogen and oxygen atoms in total. The standard InChI is InChI=1S/C12H18N2O6S/c1-12(2,11(16)17)14(5)10(15)8-6-7-9(20-8)21(18,19)13(3)4/h6-7H,1-5H3,(H,16,17). The topological polar surface area (TPSA) is 108 Å². The average molecular weight is 318 g/mol. The molecule has 0 unspecified atom stereocenters. The molecule has 0 aliphatic carbocycles. The van der Waals surface area contributed by atoms with E-state index in [9.17, 15) is 18.0 Å². The number of amides is 1. The van der Waals surface area contributed by atoms with Crippen LogP contribution in [-0.4, -0.2) is 61.3 Å². The van der Waals surface area contributed by atoms with Gasteiger partial charge in [0.2, 0.25) is 5.09 Å². The molecule has 9 heteroatoms. The second kappa shape index (κ2) is 5.49. The van der Waals surface area contributed by atoms with Gasteiger partial charge in [-0.3, -0.25) is 4.79 Å². The molecular formula is C12H18N2O6S. The third kappa shape index (κ3) is 3.08. The van der Waals surface area contributed by atoms with Gasteiger partial charge in [-0.25, -0.2) is 17.5 Å². The van der Waals surface area contributed by atoms with Gasteiger partial charge in [0.1, 0.15) is 5.54 Å². The van der Waals surface area contributed by atoms with Crippen molar-refractivity contribution in [2.75, 3.05) is 21.1 Å². The highest BCUT2D eigenvalue weighted by atomic mass is 32.2. The van der Waals surface area contributed by atoms with E-state index in [1.807, 2.05) is 0 Å². The van der Waals surface area contributed by atoms with Crippen molar-refractivity contribution in [3.05, 3.63) is 17.9 Å². The average Bonchev–Trinajstić information content (AvgIpc) is 2.86. The van der Waals surface area contributed by atoms with Gasteiger partial charge >= 0.3 is 5.97 Å². The number of sulfonamides is 1. The fourth-order valence-corrected chi connectivity index (χ4v) is 2.11. The van der Waals surface area contributed by atoms with E-state index < -0.39 is 27.4 Å². The lowest BCUT2D eigenvalue weighted by molar-refractivity contribution is -0.147. The molecule has 1 aromatic heterocycles. The van der Waals surface area contributed by atoms with E-state index in [0.29, 0.717) is 0 Å². The summed E-state index contributed by atoms with van der Waals surface area (Å²) in [6.07, 6.45) is 0. The normalized spacial score (nSPS) is 12.5. The summed E-state index contributed by atoms with van der Waals surface area (Å²) in [4.78, 5) is 24.3. The quantitative estimate of drug-likeness (QED) is 0.845. The van der Waals surface area contributed by atoms with Crippen LogP contribution in [0.2, 0.25) is 0 Å². The van der Waals surface area contributed by atoms with Gasteiger partial charge < -0.3 is 14.4 Å². The summed E-state index contributed by atoms with van der Waals surface area (Å²) in [6.45, 7) is 2.71. The first-order valence-corrected chi connectivity index (χ1v) is 7.40. The number of hydrogen-bond donors (Lipinski definition) is 1. The molecular weight excluding hydrogens is 300 g/mol. The van der Waals surface area contributed by atoms with Crippen LogP contribution in [0.3, 0.4) is 0 Å². The van der Waals surface area contributed by atoms with Crippen molar-refractivity contribution in [3.8, 4) is 0 Å². The van der Waals surface area contributed by atoms with Crippen LogP contribution in [0.1, 0.15) is 24.4 Å². The number of furan rings is 1. The molecule has 0 radical (unpaired) electrons. The summed E-state index contributed by atoms with van der Waals surface area (Å²) in [5, 5.41) is 8.71. The van der Waals surface area contributed by atoms with Crippen LogP contribution < -0.4 is 0 Å². The maximum atomic E-state index is 12.2. The Morgan fingerprint density at radius 3 is 2.14 bits per heavy atom. The Balaban J connectivity index is 3.13. The summed E-state index contributed by atoms with van der Waals surface area (Å²) < 4.78 is 29.7. The summed E-state index contributed by atoms with van der Waals surface area (Å²) in [6, 6.07) is 2.36. The van der Waals surface area contributed by atoms with Crippen LogP contribution in [0.15, 0.2) is 21.6 Å². The number of aliphatic carboxylic acids is 1. The number of carboxylic acids is 1. The Bertz CT molecular complexity index is 659. The van der Waals surface area contributed by atoms with Gasteiger partial charge in [-0.2, -0.15) is 0 Å². The number of carbonyl (C=O) groups is 2. The third-order valence-electron chi connectivity index (χ3n) is 3.19. The van der Waals surface area contributed by atoms with Crippen LogP contribution in [0.5, 0.6) is 0 Å². The van der Waals surface area contributed by atoms with E-state index in [4.69, 9.17) is 9.52 Å². The van der Waals surface area contributed by atoms with Gasteiger partial charge in [0.15, 0.2) is 5.76 Å². The Kier molecular flexibility index (Phi) is 4.49. The molecule has 1 aromatic rings. The van der Waals surface area contributed by atoms with Crippen LogP contribution in [0.25, 0.3) is 0 Å². The zero-order valence-corrected chi connectivity index (χ0v) is 13.3. The molecule has 0 atom stereocenters. The number of rotatable bonds is 5. The predicted octanol–water partition coefficient (Wildman–Crippen LogP) is 0.465. The van der Waals surface area contributed by atoms with Gasteiger partial charge in [0, 0.05) is 21.1 Å². The van der Waals surface area contributed by atoms with E-state index in [1.165, 1.54) is 41.1 Å². The molecule has 0 saturated heterocycles. The minimum atomic E-state index is -3.79. The number of carboxylic acid groups (broad SMARTS) is 1. The molecule has 1 N–H and O–H groups in total. The second-order valence-electron chi connectivity index (χ2n) is 5.13. The van der Waals surface area contributed by atoms with E-state index in [0.717, 1.165) is 15.3 Å². The van der Waals surface area contributed by atoms with Crippen molar-refractivity contribution < 1.29 is 27.5 Å². The van der Waals surface area contributed by atoms with E-state index in [-0.39, 0.29) is 10.9 Å². The monoisotopic (exact) mass is 318 g/mol. The Hall–Kier alpha value is -1.87. The van der Waals surface area contributed by atoms with Crippen LogP contribution in [0, 0.1) is 0 Å². The molecule has 21 heavy (non-hydrogen) atoms. The molecule has 0 spiro atoms. The summed E-state index contributed by atoms with van der Waals surface area (Å²) in [5.41, 5.74) is -1.45. The van der Waals surface area contributed by atoms with E-state index in [1.54, 1.807) is 0 Å². The smallest absolute Gasteiger partial charge is 0.329 e. The fourth-order valence-electron chi connectivity index (χ4n) is 1.32. The first-order valence-electron chi connectivity index (χ1n) is 5.96. The molecule has 0 aromatic carbocycles. The molecule has 0 fully saturated rings. The third-order valence-corrected chi connectivity index (χ3v) is 4.88. The van der Waals surface area contributed by atoms with E-state index in [2.05, 4.69) is 0 Å². The SMILES string of the molecule is CN(C(=O)c1ccc(S(=O)(=O)N(C)C)o1)C(C)(C)C(=O)O. The molecule has 1 rings (SSSR count). The van der Waals surface area contributed by atoms with Gasteiger partial charge in [-0.1, -0.05) is 0 Å². The van der Waals surface area contributed by atoms with Crippen molar-refractivity contribution in [3.63, 3.8) is 0 Å². The summed E-state index contributed by atoms with van der Waals surface area (Å²) >= 11 is 0. The zero-order chi connectivity index (χ0) is 16.6. The minimum Gasteiger partial charge on any atom is -0.480 e. The molecule has 0 bridgehead atoms. The van der Waals surface area contributed by atoms with Crippen LogP contribution >= 0.6 is 0 Å². The number of likely N-dealkylation sites (N-methyl/N-ethyl adjacent to an activating group) is 1. The van der Waals surface area contributed by atoms with Gasteiger partial charge in [-0.15, -0.1) is 0 Å². The highest BCUT2D eigenvalue weighted by Crippen LogP contribution is 2.21. The fraction of sp³-hybridized carbons (Fsp3) is 0.500. The van der Waals surface area contributed by atoms with Crippen LogP contribution in [0.4, 0.5) is 0 Å². The molecule has 0 aliphatic rings. The van der Waals surface area contributed by atoms with Crippen molar-refractivity contribution >= 4 is 21.9 Å². The second-order valence-corrected chi connectivity index (χ2v) is 7.22. The Labute approximate surface area is 123 Å². The van der Waals surface area contributed by atoms with Gasteiger partial charge in [0.05, 0.1) is 0 Å². The lowest BCUT2D eigenvalue weighted by Crippen LogP contribution is -2.50. The van der Waals surface area contributed by atoms with Crippen LogP contribution in [-0.2, 0) is 14.8 Å². The number of nitrogens with zero attached hydrogens (tertiary/aromatic N) is 2. The highest BCUT2D eigenvalue weighted by molar-refractivity contribution is 7.88. The summed E-state index contributed by atoms with van der Waals surface area (Å²) in [5.74, 6) is -2.15. The first kappa shape index (κ1) is 17.2. The largest absolute Gasteiger partial charge is 0.480 e. The van der Waals surface area contributed by atoms with Gasteiger partial charge in [-0.05, 0) is 26.0 Å². The maximum absolute atomic E-state index is 12.2. The molecule has 118 valence electrons.